The van der Waals surface area contributed by atoms with Crippen LogP contribution < -0.4 is 10.0 Å². The van der Waals surface area contributed by atoms with Crippen molar-refractivity contribution in [2.75, 3.05) is 20.2 Å². The monoisotopic (exact) mass is 529 g/mol. The van der Waals surface area contributed by atoms with Crippen LogP contribution in [-0.2, 0) is 27.8 Å². The minimum Gasteiger partial charge on any atom is -0.464 e. The third-order valence-electron chi connectivity index (χ3n) is 6.14. The van der Waals surface area contributed by atoms with E-state index in [-0.39, 0.29) is 35.8 Å². The fourth-order valence-electron chi connectivity index (χ4n) is 4.11. The maximum absolute atomic E-state index is 13.3. The van der Waals surface area contributed by atoms with Gasteiger partial charge in [0.25, 0.3) is 0 Å². The average Bonchev–Trinajstić information content (AvgIpc) is 3.41. The molecule has 1 fully saturated rings. The molecular weight excluding hydrogens is 501 g/mol. The van der Waals surface area contributed by atoms with Gasteiger partial charge in [-0.05, 0) is 54.3 Å². The van der Waals surface area contributed by atoms with Gasteiger partial charge in [0.1, 0.15) is 5.82 Å². The highest BCUT2D eigenvalue weighted by atomic mass is 32.2. The van der Waals surface area contributed by atoms with E-state index in [4.69, 9.17) is 0 Å². The van der Waals surface area contributed by atoms with Crippen LogP contribution >= 0.6 is 0 Å². The molecule has 12 heteroatoms. The number of esters is 1. The second-order valence-corrected chi connectivity index (χ2v) is 10.4. The summed E-state index contributed by atoms with van der Waals surface area (Å²) in [5, 5.41) is 7.10. The van der Waals surface area contributed by atoms with Gasteiger partial charge < -0.3 is 15.0 Å². The Morgan fingerprint density at radius 3 is 2.46 bits per heavy atom. The number of hydrogen-bond acceptors (Lipinski definition) is 6. The Morgan fingerprint density at radius 2 is 1.76 bits per heavy atom. The number of nitrogens with one attached hydrogen (secondary N) is 2. The molecular formula is C25H28FN5O5S. The van der Waals surface area contributed by atoms with Gasteiger partial charge in [0, 0.05) is 32.4 Å². The quantitative estimate of drug-likeness (QED) is 0.433. The van der Waals surface area contributed by atoms with E-state index >= 15 is 0 Å². The molecule has 10 nitrogen and oxygen atoms in total. The number of benzene rings is 2. The van der Waals surface area contributed by atoms with Gasteiger partial charge in [-0.3, -0.25) is 4.68 Å². The summed E-state index contributed by atoms with van der Waals surface area (Å²) in [5.74, 6) is -0.928. The number of nitrogens with zero attached hydrogens (tertiary/aromatic N) is 3. The molecule has 4 rings (SSSR count). The summed E-state index contributed by atoms with van der Waals surface area (Å²) in [6.45, 7) is 1.15. The van der Waals surface area contributed by atoms with Crippen LogP contribution in [0.4, 0.5) is 9.18 Å². The maximum Gasteiger partial charge on any atom is 0.358 e. The lowest BCUT2D eigenvalue weighted by atomic mass is 10.1. The van der Waals surface area contributed by atoms with E-state index in [0.717, 1.165) is 0 Å². The number of piperidine rings is 1. The molecule has 0 aliphatic carbocycles. The number of likely N-dealkylation sites (tertiary alicyclic amines) is 1. The zero-order chi connectivity index (χ0) is 26.4. The number of urea groups is 1. The number of aromatic nitrogens is 2. The van der Waals surface area contributed by atoms with Gasteiger partial charge in [0.2, 0.25) is 10.0 Å². The van der Waals surface area contributed by atoms with Crippen molar-refractivity contribution in [2.24, 2.45) is 0 Å². The number of ether oxygens (including phenoxy) is 1. The Morgan fingerprint density at radius 1 is 1.05 bits per heavy atom. The van der Waals surface area contributed by atoms with Gasteiger partial charge in [0.05, 0.1) is 18.0 Å². The fourth-order valence-corrected chi connectivity index (χ4v) is 5.20. The third-order valence-corrected chi connectivity index (χ3v) is 7.54. The highest BCUT2D eigenvalue weighted by Crippen LogP contribution is 2.22. The van der Waals surface area contributed by atoms with Crippen molar-refractivity contribution < 1.29 is 27.1 Å². The van der Waals surface area contributed by atoms with Crippen molar-refractivity contribution in [3.8, 4) is 0 Å². The molecule has 196 valence electrons. The van der Waals surface area contributed by atoms with E-state index in [2.05, 4.69) is 19.9 Å². The molecule has 0 atom stereocenters. The number of sulfonamides is 1. The Balaban J connectivity index is 1.28. The maximum atomic E-state index is 13.3. The van der Waals surface area contributed by atoms with Crippen LogP contribution in [0, 0.1) is 5.82 Å². The fraction of sp³-hybridized carbons (Fsp3) is 0.320. The summed E-state index contributed by atoms with van der Waals surface area (Å²) in [5.41, 5.74) is 1.38. The van der Waals surface area contributed by atoms with Gasteiger partial charge in [-0.25, -0.2) is 27.1 Å². The molecule has 1 aromatic heterocycles. The average molecular weight is 530 g/mol. The van der Waals surface area contributed by atoms with Crippen LogP contribution in [0.25, 0.3) is 0 Å². The third kappa shape index (κ3) is 6.71. The normalized spacial score (nSPS) is 14.4. The van der Waals surface area contributed by atoms with E-state index in [1.807, 2.05) is 0 Å². The first-order chi connectivity index (χ1) is 17.7. The molecule has 1 saturated heterocycles. The van der Waals surface area contributed by atoms with E-state index < -0.39 is 21.8 Å². The molecule has 3 aromatic rings. The largest absolute Gasteiger partial charge is 0.464 e. The number of methoxy groups -OCH3 is 1. The van der Waals surface area contributed by atoms with Gasteiger partial charge in [-0.15, -0.1) is 0 Å². The van der Waals surface area contributed by atoms with Crippen molar-refractivity contribution >= 4 is 22.0 Å². The lowest BCUT2D eigenvalue weighted by molar-refractivity contribution is 0.0592. The minimum atomic E-state index is -3.82. The van der Waals surface area contributed by atoms with Gasteiger partial charge in [-0.1, -0.05) is 24.3 Å². The van der Waals surface area contributed by atoms with Gasteiger partial charge >= 0.3 is 12.0 Å². The molecule has 2 amide bonds. The lowest BCUT2D eigenvalue weighted by Gasteiger charge is -2.32. The number of carbonyl (C=O) groups excluding carboxylic acids is 2. The minimum absolute atomic E-state index is 0.0421. The first-order valence-corrected chi connectivity index (χ1v) is 13.2. The Hall–Kier alpha value is -3.77. The van der Waals surface area contributed by atoms with Crippen LogP contribution in [0.1, 0.15) is 40.5 Å². The molecule has 1 aliphatic rings. The first kappa shape index (κ1) is 26.3. The number of halogens is 1. The summed E-state index contributed by atoms with van der Waals surface area (Å²) in [6.07, 6.45) is 3.10. The molecule has 0 spiro atoms. The second-order valence-electron chi connectivity index (χ2n) is 8.65. The highest BCUT2D eigenvalue weighted by molar-refractivity contribution is 7.89. The summed E-state index contributed by atoms with van der Waals surface area (Å²) < 4.78 is 47.6. The molecule has 0 saturated carbocycles. The van der Waals surface area contributed by atoms with Crippen molar-refractivity contribution in [2.45, 2.75) is 36.9 Å². The number of rotatable bonds is 8. The summed E-state index contributed by atoms with van der Waals surface area (Å²) in [7, 11) is -2.52. The lowest BCUT2D eigenvalue weighted by Crippen LogP contribution is -2.44. The molecule has 37 heavy (non-hydrogen) atoms. The van der Waals surface area contributed by atoms with Crippen LogP contribution in [0.15, 0.2) is 65.7 Å². The second kappa shape index (κ2) is 11.5. The molecule has 2 N–H and O–H groups in total. The molecule has 0 radical (unpaired) electrons. The van der Waals surface area contributed by atoms with Crippen molar-refractivity contribution in [3.05, 3.63) is 83.4 Å². The van der Waals surface area contributed by atoms with E-state index in [9.17, 15) is 22.4 Å². The Labute approximate surface area is 214 Å². The van der Waals surface area contributed by atoms with Crippen LogP contribution in [0.5, 0.6) is 0 Å². The topological polar surface area (TPSA) is 123 Å². The summed E-state index contributed by atoms with van der Waals surface area (Å²) in [6, 6.07) is 13.4. The van der Waals surface area contributed by atoms with Crippen LogP contribution in [0.2, 0.25) is 0 Å². The van der Waals surface area contributed by atoms with E-state index in [1.54, 1.807) is 40.0 Å². The van der Waals surface area contributed by atoms with E-state index in [1.165, 1.54) is 37.4 Å². The predicted octanol–water partition coefficient (Wildman–Crippen LogP) is 2.83. The zero-order valence-corrected chi connectivity index (χ0v) is 21.1. The van der Waals surface area contributed by atoms with Crippen LogP contribution in [0.3, 0.4) is 0 Å². The van der Waals surface area contributed by atoms with Crippen molar-refractivity contribution in [3.63, 3.8) is 0 Å². The zero-order valence-electron chi connectivity index (χ0n) is 20.3. The number of hydrogen-bond donors (Lipinski definition) is 2. The summed E-state index contributed by atoms with van der Waals surface area (Å²) in [4.78, 5) is 26.0. The molecule has 2 heterocycles. The standard InChI is InChI=1S/C25H28FN5O5S/c1-36-24(32)23-10-13-31(29-23)21-8-11-30(12-9-21)25(33)27-16-19-5-3-7-22(15-19)37(34,35)28-17-18-4-2-6-20(26)14-18/h2-7,10,13-15,21,28H,8-9,11-12,16-17H2,1H3,(H,27,33). The summed E-state index contributed by atoms with van der Waals surface area (Å²) >= 11 is 0. The number of amides is 2. The SMILES string of the molecule is COC(=O)c1ccn(C2CCN(C(=O)NCc3cccc(S(=O)(=O)NCc4cccc(F)c4)c3)CC2)n1. The van der Waals surface area contributed by atoms with Crippen molar-refractivity contribution in [1.82, 2.24) is 24.7 Å². The van der Waals surface area contributed by atoms with E-state index in [0.29, 0.717) is 37.1 Å². The molecule has 1 aliphatic heterocycles. The van der Waals surface area contributed by atoms with Gasteiger partial charge in [0.15, 0.2) is 5.69 Å². The highest BCUT2D eigenvalue weighted by Gasteiger charge is 2.25. The predicted molar refractivity (Wildman–Crippen MR) is 133 cm³/mol. The Kier molecular flexibility index (Phi) is 8.19. The van der Waals surface area contributed by atoms with Crippen molar-refractivity contribution in [1.29, 1.82) is 0 Å². The van der Waals surface area contributed by atoms with Gasteiger partial charge in [-0.2, -0.15) is 5.10 Å². The molecule has 0 unspecified atom stereocenters. The van der Waals surface area contributed by atoms with Crippen LogP contribution in [-0.4, -0.2) is 55.3 Å². The molecule has 0 bridgehead atoms. The first-order valence-electron chi connectivity index (χ1n) is 11.7. The smallest absolute Gasteiger partial charge is 0.358 e. The number of carbonyl (C=O) groups is 2. The Bertz CT molecular complexity index is 1370. The molecule has 2 aromatic carbocycles.